The molecule has 2 aromatic rings. The van der Waals surface area contributed by atoms with E-state index in [1.165, 1.54) is 12.3 Å². The molecule has 0 bridgehead atoms. The van der Waals surface area contributed by atoms with Gasteiger partial charge in [0, 0.05) is 70.8 Å². The number of pyridine rings is 1. The predicted molar refractivity (Wildman–Crippen MR) is 155 cm³/mol. The molecule has 5 N–H and O–H groups in total. The Morgan fingerprint density at radius 1 is 1.24 bits per heavy atom. The van der Waals surface area contributed by atoms with E-state index in [-0.39, 0.29) is 23.5 Å². The average molecular weight is 587 g/mol. The standard InChI is InChI=1S/C28H40F2N10O2/c1-28(2,17-31)40-14-18(12-34-40)21-6-5-7-22(35-21)26(41)36-23(24(32)25(29)30)13-33-19-15-39(16-19)20-8-10-38(11-9-20)27(42)37(3)4/h5-7,12-14,19-20,25,32-33H,8-11,15-17,31H2,1-4H3,(H,36,41)/b23-13+,32-24?. The van der Waals surface area contributed by atoms with Crippen molar-refractivity contribution >= 4 is 17.6 Å². The Labute approximate surface area is 244 Å². The highest BCUT2D eigenvalue weighted by Crippen LogP contribution is 2.23. The second-order valence-corrected chi connectivity index (χ2v) is 11.5. The van der Waals surface area contributed by atoms with Crippen LogP contribution in [-0.2, 0) is 5.54 Å². The van der Waals surface area contributed by atoms with Crippen molar-refractivity contribution in [2.75, 3.05) is 46.8 Å². The summed E-state index contributed by atoms with van der Waals surface area (Å²) in [6, 6.07) is 5.20. The molecule has 228 valence electrons. The lowest BCUT2D eigenvalue weighted by Crippen LogP contribution is -2.62. The van der Waals surface area contributed by atoms with Gasteiger partial charge in [-0.15, -0.1) is 0 Å². The Morgan fingerprint density at radius 3 is 2.55 bits per heavy atom. The first kappa shape index (κ1) is 31.0. The van der Waals surface area contributed by atoms with E-state index in [1.807, 2.05) is 18.7 Å². The molecule has 3 amide bonds. The lowest BCUT2D eigenvalue weighted by atomic mass is 9.97. The van der Waals surface area contributed by atoms with Crippen molar-refractivity contribution in [3.63, 3.8) is 0 Å². The third kappa shape index (κ3) is 7.10. The fourth-order valence-electron chi connectivity index (χ4n) is 4.91. The molecule has 0 aliphatic carbocycles. The lowest BCUT2D eigenvalue weighted by Gasteiger charge is -2.47. The van der Waals surface area contributed by atoms with Gasteiger partial charge in [-0.2, -0.15) is 5.10 Å². The second-order valence-electron chi connectivity index (χ2n) is 11.5. The summed E-state index contributed by atoms with van der Waals surface area (Å²) >= 11 is 0. The number of hydrogen-bond donors (Lipinski definition) is 4. The first-order chi connectivity index (χ1) is 19.9. The molecule has 0 unspecified atom stereocenters. The maximum Gasteiger partial charge on any atom is 0.319 e. The normalized spacial score (nSPS) is 17.2. The van der Waals surface area contributed by atoms with Crippen LogP contribution in [0.4, 0.5) is 13.6 Å². The van der Waals surface area contributed by atoms with Crippen LogP contribution in [0.2, 0.25) is 0 Å². The van der Waals surface area contributed by atoms with Crippen LogP contribution >= 0.6 is 0 Å². The number of halogens is 2. The fourth-order valence-corrected chi connectivity index (χ4v) is 4.91. The number of aromatic nitrogens is 3. The lowest BCUT2D eigenvalue weighted by molar-refractivity contribution is 0.0452. The van der Waals surface area contributed by atoms with Gasteiger partial charge in [-0.1, -0.05) is 6.07 Å². The van der Waals surface area contributed by atoms with Gasteiger partial charge in [0.05, 0.1) is 29.2 Å². The third-order valence-corrected chi connectivity index (χ3v) is 7.74. The quantitative estimate of drug-likeness (QED) is 0.311. The van der Waals surface area contributed by atoms with Crippen LogP contribution in [0.25, 0.3) is 11.3 Å². The number of carbonyl (C=O) groups excluding carboxylic acids is 2. The largest absolute Gasteiger partial charge is 0.384 e. The maximum atomic E-state index is 13.5. The van der Waals surface area contributed by atoms with Gasteiger partial charge in [0.1, 0.15) is 11.4 Å². The van der Waals surface area contributed by atoms with Crippen LogP contribution < -0.4 is 16.4 Å². The third-order valence-electron chi connectivity index (χ3n) is 7.74. The number of likely N-dealkylation sites (tertiary alicyclic amines) is 2. The Morgan fingerprint density at radius 2 is 1.93 bits per heavy atom. The second kappa shape index (κ2) is 12.9. The number of allylic oxidation sites excluding steroid dienone is 1. The van der Waals surface area contributed by atoms with Gasteiger partial charge in [-0.3, -0.25) is 19.8 Å². The zero-order valence-corrected chi connectivity index (χ0v) is 24.5. The van der Waals surface area contributed by atoms with Crippen LogP contribution in [0, 0.1) is 5.41 Å². The molecule has 0 radical (unpaired) electrons. The molecule has 2 aliphatic rings. The summed E-state index contributed by atoms with van der Waals surface area (Å²) < 4.78 is 28.7. The van der Waals surface area contributed by atoms with Crippen LogP contribution in [0.5, 0.6) is 0 Å². The highest BCUT2D eigenvalue weighted by Gasteiger charge is 2.35. The van der Waals surface area contributed by atoms with Gasteiger partial charge in [0.2, 0.25) is 0 Å². The summed E-state index contributed by atoms with van der Waals surface area (Å²) in [5, 5.41) is 17.7. The minimum atomic E-state index is -3.07. The molecule has 2 aromatic heterocycles. The number of rotatable bonds is 10. The van der Waals surface area contributed by atoms with E-state index in [0.29, 0.717) is 50.0 Å². The van der Waals surface area contributed by atoms with Crippen molar-refractivity contribution in [1.82, 2.24) is 40.1 Å². The average Bonchev–Trinajstić information content (AvgIpc) is 3.47. The fraction of sp³-hybridized carbons (Fsp3) is 0.536. The molecule has 2 aliphatic heterocycles. The molecular weight excluding hydrogens is 546 g/mol. The molecule has 0 aromatic carbocycles. The molecule has 0 spiro atoms. The molecule has 42 heavy (non-hydrogen) atoms. The summed E-state index contributed by atoms with van der Waals surface area (Å²) in [6.07, 6.45) is 3.36. The number of alkyl halides is 2. The van der Waals surface area contributed by atoms with Gasteiger partial charge in [0.15, 0.2) is 0 Å². The Balaban J connectivity index is 1.36. The van der Waals surface area contributed by atoms with E-state index in [2.05, 4.69) is 25.6 Å². The smallest absolute Gasteiger partial charge is 0.319 e. The zero-order valence-electron chi connectivity index (χ0n) is 24.5. The SMILES string of the molecule is CN(C)C(=O)N1CCC(N2CC(N/C=C(/NC(=O)c3cccc(-c4cnn(C(C)(C)CN)c4)n3)C(=N)C(F)F)C2)CC1. The maximum absolute atomic E-state index is 13.5. The van der Waals surface area contributed by atoms with Crippen LogP contribution in [0.15, 0.2) is 42.5 Å². The zero-order chi connectivity index (χ0) is 30.6. The summed E-state index contributed by atoms with van der Waals surface area (Å²) in [4.78, 5) is 35.3. The number of nitrogens with zero attached hydrogens (tertiary/aromatic N) is 6. The van der Waals surface area contributed by atoms with Crippen molar-refractivity contribution in [3.05, 3.63) is 48.2 Å². The number of nitrogens with two attached hydrogens (primary N) is 1. The molecule has 14 heteroatoms. The number of carbonyl (C=O) groups is 2. The van der Waals surface area contributed by atoms with E-state index in [4.69, 9.17) is 11.1 Å². The summed E-state index contributed by atoms with van der Waals surface area (Å²) in [5.74, 6) is -0.709. The van der Waals surface area contributed by atoms with Crippen LogP contribution in [0.3, 0.4) is 0 Å². The van der Waals surface area contributed by atoms with E-state index >= 15 is 0 Å². The van der Waals surface area contributed by atoms with Gasteiger partial charge >= 0.3 is 6.03 Å². The molecule has 4 heterocycles. The Bertz CT molecular complexity index is 1310. The summed E-state index contributed by atoms with van der Waals surface area (Å²) in [5.41, 5.74) is 5.30. The monoisotopic (exact) mass is 586 g/mol. The minimum absolute atomic E-state index is 0.0141. The molecule has 12 nitrogen and oxygen atoms in total. The highest BCUT2D eigenvalue weighted by molar-refractivity contribution is 6.05. The van der Waals surface area contributed by atoms with Gasteiger partial charge < -0.3 is 26.2 Å². The van der Waals surface area contributed by atoms with E-state index in [0.717, 1.165) is 12.8 Å². The Kier molecular flexibility index (Phi) is 9.57. The number of nitrogens with one attached hydrogen (secondary N) is 3. The number of piperidine rings is 1. The van der Waals surface area contributed by atoms with E-state index in [1.54, 1.807) is 48.2 Å². The highest BCUT2D eigenvalue weighted by atomic mass is 19.3. The molecule has 0 atom stereocenters. The van der Waals surface area contributed by atoms with Gasteiger partial charge in [0.25, 0.3) is 12.3 Å². The first-order valence-electron chi connectivity index (χ1n) is 14.0. The first-order valence-corrected chi connectivity index (χ1v) is 14.0. The molecule has 4 rings (SSSR count). The Hall–Kier alpha value is -3.91. The van der Waals surface area contributed by atoms with Crippen LogP contribution in [0.1, 0.15) is 37.2 Å². The van der Waals surface area contributed by atoms with Crippen LogP contribution in [-0.4, -0.2) is 112 Å². The van der Waals surface area contributed by atoms with Crippen molar-refractivity contribution in [2.24, 2.45) is 5.73 Å². The van der Waals surface area contributed by atoms with E-state index < -0.39 is 23.6 Å². The number of amides is 3. The minimum Gasteiger partial charge on any atom is -0.384 e. The van der Waals surface area contributed by atoms with Gasteiger partial charge in [-0.05, 0) is 38.8 Å². The molecule has 0 saturated carbocycles. The summed E-state index contributed by atoms with van der Waals surface area (Å²) in [7, 11) is 3.49. The number of urea groups is 1. The van der Waals surface area contributed by atoms with Gasteiger partial charge in [-0.25, -0.2) is 18.6 Å². The summed E-state index contributed by atoms with van der Waals surface area (Å²) in [6.45, 7) is 7.06. The van der Waals surface area contributed by atoms with Crippen molar-refractivity contribution in [2.45, 2.75) is 50.7 Å². The number of hydrogen-bond acceptors (Lipinski definition) is 8. The van der Waals surface area contributed by atoms with E-state index in [9.17, 15) is 18.4 Å². The molecular formula is C28H40F2N10O2. The van der Waals surface area contributed by atoms with Crippen molar-refractivity contribution in [1.29, 1.82) is 5.41 Å². The molecule has 2 fully saturated rings. The predicted octanol–water partition coefficient (Wildman–Crippen LogP) is 1.91. The van der Waals surface area contributed by atoms with Crippen molar-refractivity contribution in [3.8, 4) is 11.3 Å². The topological polar surface area (TPSA) is 148 Å². The van der Waals surface area contributed by atoms with Crippen molar-refractivity contribution < 1.29 is 18.4 Å². The molecule has 2 saturated heterocycles.